The van der Waals surface area contributed by atoms with Crippen molar-refractivity contribution in [1.29, 1.82) is 0 Å². The molecule has 2 aromatic rings. The predicted octanol–water partition coefficient (Wildman–Crippen LogP) is 3.36. The van der Waals surface area contributed by atoms with Gasteiger partial charge in [-0.25, -0.2) is 0 Å². The fraction of sp³-hybridized carbons (Fsp3) is 0.333. The molecule has 0 aliphatic rings. The third-order valence-electron chi connectivity index (χ3n) is 3.51. The largest absolute Gasteiger partial charge is 0.495 e. The zero-order chi connectivity index (χ0) is 18.2. The van der Waals surface area contributed by atoms with Gasteiger partial charge in [-0.05, 0) is 57.4 Å². The molecule has 0 fully saturated rings. The molecular weight excluding hydrogens is 340 g/mol. The normalized spacial score (nSPS) is 10.6. The number of halogens is 1. The number of rotatable bonds is 8. The van der Waals surface area contributed by atoms with E-state index in [0.717, 1.165) is 25.2 Å². The molecule has 1 aromatic carbocycles. The Hall–Kier alpha value is -2.31. The standard InChI is InChI=1S/C18H23ClN4O2/c1-23(2)10-4-8-20-14-7-9-21-16(12-14)18(24)22-15-11-13(19)5-6-17(15)25-3/h5-7,9,11-12H,4,8,10H2,1-3H3,(H,20,21)(H,22,24). The second-order valence-corrected chi connectivity index (χ2v) is 6.25. The van der Waals surface area contributed by atoms with Crippen LogP contribution in [0.2, 0.25) is 5.02 Å². The summed E-state index contributed by atoms with van der Waals surface area (Å²) in [6, 6.07) is 8.61. The van der Waals surface area contributed by atoms with Crippen LogP contribution in [0.3, 0.4) is 0 Å². The second-order valence-electron chi connectivity index (χ2n) is 5.81. The van der Waals surface area contributed by atoms with E-state index >= 15 is 0 Å². The van der Waals surface area contributed by atoms with Crippen LogP contribution in [-0.4, -0.2) is 50.1 Å². The first-order valence-electron chi connectivity index (χ1n) is 7.99. The number of amides is 1. The van der Waals surface area contributed by atoms with Gasteiger partial charge in [0.15, 0.2) is 0 Å². The molecule has 25 heavy (non-hydrogen) atoms. The van der Waals surface area contributed by atoms with Gasteiger partial charge >= 0.3 is 0 Å². The Labute approximate surface area is 153 Å². The first-order valence-corrected chi connectivity index (χ1v) is 8.37. The van der Waals surface area contributed by atoms with E-state index in [-0.39, 0.29) is 5.91 Å². The number of ether oxygens (including phenoxy) is 1. The topological polar surface area (TPSA) is 66.5 Å². The van der Waals surface area contributed by atoms with Crippen molar-refractivity contribution >= 4 is 28.9 Å². The third kappa shape index (κ3) is 5.92. The lowest BCUT2D eigenvalue weighted by Crippen LogP contribution is -2.17. The van der Waals surface area contributed by atoms with E-state index in [2.05, 4.69) is 20.5 Å². The molecule has 0 aliphatic carbocycles. The molecule has 1 aromatic heterocycles. The van der Waals surface area contributed by atoms with Gasteiger partial charge < -0.3 is 20.3 Å². The van der Waals surface area contributed by atoms with Gasteiger partial charge in [0.25, 0.3) is 5.91 Å². The molecule has 134 valence electrons. The van der Waals surface area contributed by atoms with E-state index in [0.29, 0.717) is 22.2 Å². The SMILES string of the molecule is COc1ccc(Cl)cc1NC(=O)c1cc(NCCCN(C)C)ccn1. The van der Waals surface area contributed by atoms with E-state index in [1.807, 2.05) is 20.2 Å². The summed E-state index contributed by atoms with van der Waals surface area (Å²) >= 11 is 5.99. The summed E-state index contributed by atoms with van der Waals surface area (Å²) in [5.41, 5.74) is 1.68. The van der Waals surface area contributed by atoms with Gasteiger partial charge in [-0.2, -0.15) is 0 Å². The van der Waals surface area contributed by atoms with Crippen LogP contribution in [0.25, 0.3) is 0 Å². The first kappa shape index (κ1) is 19.0. The van der Waals surface area contributed by atoms with Crippen molar-refractivity contribution in [1.82, 2.24) is 9.88 Å². The minimum absolute atomic E-state index is 0.319. The Morgan fingerprint density at radius 2 is 2.08 bits per heavy atom. The van der Waals surface area contributed by atoms with E-state index < -0.39 is 0 Å². The maximum absolute atomic E-state index is 12.5. The highest BCUT2D eigenvalue weighted by Gasteiger charge is 2.12. The van der Waals surface area contributed by atoms with E-state index in [1.54, 1.807) is 30.5 Å². The van der Waals surface area contributed by atoms with Crippen molar-refractivity contribution in [3.05, 3.63) is 47.2 Å². The maximum Gasteiger partial charge on any atom is 0.274 e. The quantitative estimate of drug-likeness (QED) is 0.705. The molecule has 0 unspecified atom stereocenters. The number of methoxy groups -OCH3 is 1. The number of nitrogens with zero attached hydrogens (tertiary/aromatic N) is 2. The summed E-state index contributed by atoms with van der Waals surface area (Å²) in [4.78, 5) is 18.7. The minimum atomic E-state index is -0.322. The highest BCUT2D eigenvalue weighted by Crippen LogP contribution is 2.28. The second kappa shape index (κ2) is 9.25. The van der Waals surface area contributed by atoms with Gasteiger partial charge in [0.05, 0.1) is 12.8 Å². The van der Waals surface area contributed by atoms with Gasteiger partial charge in [0, 0.05) is 23.5 Å². The van der Waals surface area contributed by atoms with Crippen LogP contribution in [0.1, 0.15) is 16.9 Å². The number of nitrogens with one attached hydrogen (secondary N) is 2. The number of benzene rings is 1. The molecular formula is C18H23ClN4O2. The molecule has 6 nitrogen and oxygen atoms in total. The average molecular weight is 363 g/mol. The highest BCUT2D eigenvalue weighted by atomic mass is 35.5. The number of carbonyl (C=O) groups excluding carboxylic acids is 1. The molecule has 2 N–H and O–H groups in total. The third-order valence-corrected chi connectivity index (χ3v) is 3.75. The lowest BCUT2D eigenvalue weighted by atomic mass is 10.2. The van der Waals surface area contributed by atoms with Crippen LogP contribution in [-0.2, 0) is 0 Å². The Kier molecular flexibility index (Phi) is 7.03. The van der Waals surface area contributed by atoms with Crippen molar-refractivity contribution in [2.45, 2.75) is 6.42 Å². The van der Waals surface area contributed by atoms with Gasteiger partial charge in [-0.1, -0.05) is 11.6 Å². The van der Waals surface area contributed by atoms with Crippen molar-refractivity contribution in [3.63, 3.8) is 0 Å². The number of anilines is 2. The molecule has 7 heteroatoms. The Bertz CT molecular complexity index is 722. The molecule has 0 spiro atoms. The molecule has 0 aliphatic heterocycles. The summed E-state index contributed by atoms with van der Waals surface area (Å²) < 4.78 is 5.24. The molecule has 0 saturated heterocycles. The summed E-state index contributed by atoms with van der Waals surface area (Å²) in [5.74, 6) is 0.216. The molecule has 1 amide bonds. The first-order chi connectivity index (χ1) is 12.0. The number of hydrogen-bond acceptors (Lipinski definition) is 5. The van der Waals surface area contributed by atoms with Crippen LogP contribution in [0.5, 0.6) is 5.75 Å². The van der Waals surface area contributed by atoms with Crippen LogP contribution in [0.4, 0.5) is 11.4 Å². The van der Waals surface area contributed by atoms with Crippen molar-refractivity contribution < 1.29 is 9.53 Å². The van der Waals surface area contributed by atoms with Crippen LogP contribution < -0.4 is 15.4 Å². The summed E-state index contributed by atoms with van der Waals surface area (Å²) in [5, 5.41) is 6.60. The summed E-state index contributed by atoms with van der Waals surface area (Å²) in [6.45, 7) is 1.82. The number of aromatic nitrogens is 1. The Morgan fingerprint density at radius 1 is 1.28 bits per heavy atom. The minimum Gasteiger partial charge on any atom is -0.495 e. The smallest absolute Gasteiger partial charge is 0.274 e. The monoisotopic (exact) mass is 362 g/mol. The molecule has 2 rings (SSSR count). The van der Waals surface area contributed by atoms with E-state index in [9.17, 15) is 4.79 Å². The van der Waals surface area contributed by atoms with Crippen LogP contribution in [0.15, 0.2) is 36.5 Å². The summed E-state index contributed by atoms with van der Waals surface area (Å²) in [7, 11) is 5.62. The average Bonchev–Trinajstić information content (AvgIpc) is 2.59. The predicted molar refractivity (Wildman–Crippen MR) is 102 cm³/mol. The Morgan fingerprint density at radius 3 is 2.80 bits per heavy atom. The van der Waals surface area contributed by atoms with Crippen LogP contribution >= 0.6 is 11.6 Å². The van der Waals surface area contributed by atoms with Crippen molar-refractivity contribution in [3.8, 4) is 5.75 Å². The molecule has 0 radical (unpaired) electrons. The lowest BCUT2D eigenvalue weighted by Gasteiger charge is -2.12. The summed E-state index contributed by atoms with van der Waals surface area (Å²) in [6.07, 6.45) is 2.62. The zero-order valence-corrected chi connectivity index (χ0v) is 15.4. The van der Waals surface area contributed by atoms with E-state index in [1.165, 1.54) is 7.11 Å². The van der Waals surface area contributed by atoms with Gasteiger partial charge in [-0.3, -0.25) is 9.78 Å². The van der Waals surface area contributed by atoms with E-state index in [4.69, 9.17) is 16.3 Å². The molecule has 0 atom stereocenters. The zero-order valence-electron chi connectivity index (χ0n) is 14.7. The van der Waals surface area contributed by atoms with Gasteiger partial charge in [0.1, 0.15) is 11.4 Å². The van der Waals surface area contributed by atoms with Gasteiger partial charge in [0.2, 0.25) is 0 Å². The number of hydrogen-bond donors (Lipinski definition) is 2. The number of pyridine rings is 1. The maximum atomic E-state index is 12.5. The fourth-order valence-corrected chi connectivity index (χ4v) is 2.43. The van der Waals surface area contributed by atoms with Crippen LogP contribution in [0, 0.1) is 0 Å². The van der Waals surface area contributed by atoms with Crippen molar-refractivity contribution in [2.75, 3.05) is 44.9 Å². The highest BCUT2D eigenvalue weighted by molar-refractivity contribution is 6.31. The number of carbonyl (C=O) groups is 1. The van der Waals surface area contributed by atoms with Gasteiger partial charge in [-0.15, -0.1) is 0 Å². The van der Waals surface area contributed by atoms with Crippen molar-refractivity contribution in [2.24, 2.45) is 0 Å². The molecule has 1 heterocycles. The molecule has 0 bridgehead atoms. The fourth-order valence-electron chi connectivity index (χ4n) is 2.26. The molecule has 0 saturated carbocycles. The Balaban J connectivity index is 2.02. The lowest BCUT2D eigenvalue weighted by molar-refractivity contribution is 0.102.